The van der Waals surface area contributed by atoms with Gasteiger partial charge in [0, 0.05) is 29.8 Å². The van der Waals surface area contributed by atoms with Crippen molar-refractivity contribution in [3.05, 3.63) is 76.5 Å². The Balaban J connectivity index is 1.28. The molecule has 3 aromatic rings. The standard InChI is InChI=1S/C21H22BrN5O/c22-18-7-4-8-19(11-18)26-10-9-17(13-26)12-23-21(28)20-15-27(25-24-20)14-16-5-2-1-3-6-16/h1-8,11,15,17H,9-10,12-14H2,(H,23,28). The summed E-state index contributed by atoms with van der Waals surface area (Å²) in [6.07, 6.45) is 2.76. The number of halogens is 1. The molecule has 4 rings (SSSR count). The Kier molecular flexibility index (Phi) is 5.71. The van der Waals surface area contributed by atoms with Gasteiger partial charge in [-0.15, -0.1) is 5.10 Å². The van der Waals surface area contributed by atoms with Crippen LogP contribution in [0.3, 0.4) is 0 Å². The highest BCUT2D eigenvalue weighted by Crippen LogP contribution is 2.25. The van der Waals surface area contributed by atoms with E-state index in [1.807, 2.05) is 42.5 Å². The summed E-state index contributed by atoms with van der Waals surface area (Å²) >= 11 is 3.52. The van der Waals surface area contributed by atoms with Crippen molar-refractivity contribution in [2.45, 2.75) is 13.0 Å². The maximum absolute atomic E-state index is 12.4. The number of rotatable bonds is 6. The average Bonchev–Trinajstić information content (AvgIpc) is 3.37. The lowest BCUT2D eigenvalue weighted by atomic mass is 10.1. The van der Waals surface area contributed by atoms with E-state index in [2.05, 4.69) is 48.6 Å². The van der Waals surface area contributed by atoms with E-state index in [0.29, 0.717) is 24.7 Å². The summed E-state index contributed by atoms with van der Waals surface area (Å²) < 4.78 is 2.77. The first-order valence-corrected chi connectivity index (χ1v) is 10.2. The molecule has 1 atom stereocenters. The van der Waals surface area contributed by atoms with Gasteiger partial charge in [0.1, 0.15) is 0 Å². The molecule has 1 aliphatic rings. The molecule has 1 aliphatic heterocycles. The third-order valence-corrected chi connectivity index (χ3v) is 5.46. The Morgan fingerprint density at radius 3 is 2.86 bits per heavy atom. The van der Waals surface area contributed by atoms with Crippen molar-refractivity contribution in [2.24, 2.45) is 5.92 Å². The number of aromatic nitrogens is 3. The van der Waals surface area contributed by atoms with Gasteiger partial charge in [0.05, 0.1) is 12.7 Å². The van der Waals surface area contributed by atoms with Crippen LogP contribution in [0.5, 0.6) is 0 Å². The molecule has 1 amide bonds. The van der Waals surface area contributed by atoms with Crippen LogP contribution in [0.2, 0.25) is 0 Å². The Morgan fingerprint density at radius 2 is 2.04 bits per heavy atom. The lowest BCUT2D eigenvalue weighted by Crippen LogP contribution is -2.31. The van der Waals surface area contributed by atoms with Crippen LogP contribution in [0.4, 0.5) is 5.69 Å². The number of amides is 1. The summed E-state index contributed by atoms with van der Waals surface area (Å²) in [4.78, 5) is 14.8. The molecule has 1 unspecified atom stereocenters. The molecule has 1 N–H and O–H groups in total. The molecule has 2 aromatic carbocycles. The number of hydrogen-bond acceptors (Lipinski definition) is 4. The zero-order valence-electron chi connectivity index (χ0n) is 15.5. The van der Waals surface area contributed by atoms with E-state index in [0.717, 1.165) is 29.5 Å². The lowest BCUT2D eigenvalue weighted by molar-refractivity contribution is 0.0943. The van der Waals surface area contributed by atoms with Crippen molar-refractivity contribution in [2.75, 3.05) is 24.5 Å². The number of hydrogen-bond donors (Lipinski definition) is 1. The third-order valence-electron chi connectivity index (χ3n) is 4.97. The summed E-state index contributed by atoms with van der Waals surface area (Å²) in [5.41, 5.74) is 2.70. The first kappa shape index (κ1) is 18.7. The van der Waals surface area contributed by atoms with Gasteiger partial charge in [0.2, 0.25) is 0 Å². The second kappa shape index (κ2) is 8.56. The molecule has 1 aromatic heterocycles. The number of carbonyl (C=O) groups excluding carboxylic acids is 1. The van der Waals surface area contributed by atoms with Gasteiger partial charge >= 0.3 is 0 Å². The summed E-state index contributed by atoms with van der Waals surface area (Å²) in [7, 11) is 0. The van der Waals surface area contributed by atoms with Crippen LogP contribution >= 0.6 is 15.9 Å². The molecule has 0 bridgehead atoms. The van der Waals surface area contributed by atoms with Crippen molar-refractivity contribution < 1.29 is 4.79 Å². The van der Waals surface area contributed by atoms with E-state index in [1.165, 1.54) is 5.69 Å². The van der Waals surface area contributed by atoms with Gasteiger partial charge < -0.3 is 10.2 Å². The molecule has 28 heavy (non-hydrogen) atoms. The van der Waals surface area contributed by atoms with Gasteiger partial charge in [0.15, 0.2) is 5.69 Å². The third kappa shape index (κ3) is 4.59. The van der Waals surface area contributed by atoms with Gasteiger partial charge in [-0.2, -0.15) is 0 Å². The monoisotopic (exact) mass is 439 g/mol. The number of anilines is 1. The molecule has 0 saturated carbocycles. The number of carbonyl (C=O) groups is 1. The first-order valence-electron chi connectivity index (χ1n) is 9.40. The van der Waals surface area contributed by atoms with E-state index in [-0.39, 0.29) is 5.91 Å². The normalized spacial score (nSPS) is 16.3. The van der Waals surface area contributed by atoms with Crippen LogP contribution < -0.4 is 10.2 Å². The molecule has 7 heteroatoms. The van der Waals surface area contributed by atoms with Crippen molar-refractivity contribution in [1.29, 1.82) is 0 Å². The highest BCUT2D eigenvalue weighted by atomic mass is 79.9. The fraction of sp³-hybridized carbons (Fsp3) is 0.286. The van der Waals surface area contributed by atoms with Gasteiger partial charge in [-0.3, -0.25) is 4.79 Å². The second-order valence-corrected chi connectivity index (χ2v) is 7.99. The van der Waals surface area contributed by atoms with E-state index >= 15 is 0 Å². The van der Waals surface area contributed by atoms with Crippen molar-refractivity contribution >= 4 is 27.5 Å². The molecule has 144 valence electrons. The van der Waals surface area contributed by atoms with E-state index in [9.17, 15) is 4.79 Å². The summed E-state index contributed by atoms with van der Waals surface area (Å²) in [6, 6.07) is 18.3. The molecule has 6 nitrogen and oxygen atoms in total. The first-order chi connectivity index (χ1) is 13.7. The number of benzene rings is 2. The van der Waals surface area contributed by atoms with Crippen molar-refractivity contribution in [3.63, 3.8) is 0 Å². The smallest absolute Gasteiger partial charge is 0.273 e. The summed E-state index contributed by atoms with van der Waals surface area (Å²) in [5, 5.41) is 11.1. The number of nitrogens with zero attached hydrogens (tertiary/aromatic N) is 4. The quantitative estimate of drug-likeness (QED) is 0.639. The molecule has 2 heterocycles. The molecular formula is C21H22BrN5O. The van der Waals surface area contributed by atoms with Crippen molar-refractivity contribution in [3.8, 4) is 0 Å². The molecule has 1 saturated heterocycles. The summed E-state index contributed by atoms with van der Waals surface area (Å²) in [5.74, 6) is 0.266. The Morgan fingerprint density at radius 1 is 1.18 bits per heavy atom. The van der Waals surface area contributed by atoms with Crippen LogP contribution in [0, 0.1) is 5.92 Å². The predicted octanol–water partition coefficient (Wildman–Crippen LogP) is 3.35. The molecule has 0 aliphatic carbocycles. The largest absolute Gasteiger partial charge is 0.371 e. The number of nitrogens with one attached hydrogen (secondary N) is 1. The van der Waals surface area contributed by atoms with Crippen LogP contribution in [-0.2, 0) is 6.54 Å². The van der Waals surface area contributed by atoms with E-state index < -0.39 is 0 Å². The highest BCUT2D eigenvalue weighted by molar-refractivity contribution is 9.10. The minimum absolute atomic E-state index is 0.166. The SMILES string of the molecule is O=C(NCC1CCN(c2cccc(Br)c2)C1)c1cn(Cc2ccccc2)nn1. The van der Waals surface area contributed by atoms with Crippen molar-refractivity contribution in [1.82, 2.24) is 20.3 Å². The second-order valence-electron chi connectivity index (χ2n) is 7.08. The van der Waals surface area contributed by atoms with Crippen LogP contribution in [0.25, 0.3) is 0 Å². The fourth-order valence-electron chi connectivity index (χ4n) is 3.48. The fourth-order valence-corrected chi connectivity index (χ4v) is 3.87. The molecule has 1 fully saturated rings. The van der Waals surface area contributed by atoms with Gasteiger partial charge in [-0.25, -0.2) is 4.68 Å². The maximum Gasteiger partial charge on any atom is 0.273 e. The molecule has 0 spiro atoms. The predicted molar refractivity (Wildman–Crippen MR) is 112 cm³/mol. The van der Waals surface area contributed by atoms with E-state index in [1.54, 1.807) is 10.9 Å². The Bertz CT molecular complexity index is 943. The Hall–Kier alpha value is -2.67. The lowest BCUT2D eigenvalue weighted by Gasteiger charge is -2.19. The topological polar surface area (TPSA) is 63.1 Å². The van der Waals surface area contributed by atoms with Crippen LogP contribution in [0.1, 0.15) is 22.5 Å². The molecule has 0 radical (unpaired) electrons. The van der Waals surface area contributed by atoms with E-state index in [4.69, 9.17) is 0 Å². The van der Waals surface area contributed by atoms with Gasteiger partial charge in [-0.05, 0) is 36.1 Å². The van der Waals surface area contributed by atoms with Gasteiger partial charge in [-0.1, -0.05) is 57.5 Å². The zero-order valence-corrected chi connectivity index (χ0v) is 17.0. The minimum atomic E-state index is -0.166. The summed E-state index contributed by atoms with van der Waals surface area (Å²) in [6.45, 7) is 3.20. The highest BCUT2D eigenvalue weighted by Gasteiger charge is 2.23. The maximum atomic E-state index is 12.4. The van der Waals surface area contributed by atoms with Gasteiger partial charge in [0.25, 0.3) is 5.91 Å². The van der Waals surface area contributed by atoms with Crippen LogP contribution in [0.15, 0.2) is 65.3 Å². The Labute approximate surface area is 172 Å². The van der Waals surface area contributed by atoms with Crippen LogP contribution in [-0.4, -0.2) is 40.5 Å². The minimum Gasteiger partial charge on any atom is -0.371 e. The molecular weight excluding hydrogens is 418 g/mol. The average molecular weight is 440 g/mol. The zero-order chi connectivity index (χ0) is 19.3.